The number of allylic oxidation sites excluding steroid dienone is 2. The zero-order valence-electron chi connectivity index (χ0n) is 9.39. The van der Waals surface area contributed by atoms with Crippen LogP contribution in [-0.2, 0) is 9.47 Å². The molecule has 0 unspecified atom stereocenters. The second-order valence-corrected chi connectivity index (χ2v) is 2.16. The summed E-state index contributed by atoms with van der Waals surface area (Å²) in [7, 11) is 0. The van der Waals surface area contributed by atoms with Crippen LogP contribution in [0.4, 0.5) is 0 Å². The molecule has 1 rings (SSSR count). The van der Waals surface area contributed by atoms with E-state index in [1.165, 1.54) is 0 Å². The highest BCUT2D eigenvalue weighted by Gasteiger charge is 2.06. The van der Waals surface area contributed by atoms with Crippen LogP contribution >= 0.6 is 0 Å². The molecule has 0 radical (unpaired) electrons. The fourth-order valence-corrected chi connectivity index (χ4v) is 0.883. The predicted octanol–water partition coefficient (Wildman–Crippen LogP) is 3.18. The van der Waals surface area contributed by atoms with Crippen molar-refractivity contribution in [1.29, 1.82) is 0 Å². The summed E-state index contributed by atoms with van der Waals surface area (Å²) in [5, 5.41) is 0. The van der Waals surface area contributed by atoms with Crippen LogP contribution in [0.25, 0.3) is 0 Å². The van der Waals surface area contributed by atoms with Gasteiger partial charge in [0.25, 0.3) is 0 Å². The van der Waals surface area contributed by atoms with Gasteiger partial charge in [-0.1, -0.05) is 19.6 Å². The van der Waals surface area contributed by atoms with Gasteiger partial charge in [-0.25, -0.2) is 0 Å². The van der Waals surface area contributed by atoms with Gasteiger partial charge in [0.15, 0.2) is 5.76 Å². The van der Waals surface area contributed by atoms with E-state index in [-0.39, 0.29) is 0 Å². The molecule has 0 aromatic rings. The second-order valence-electron chi connectivity index (χ2n) is 2.16. The molecule has 0 saturated carbocycles. The molecule has 1 aliphatic carbocycles. The normalized spacial score (nSPS) is 12.3. The van der Waals surface area contributed by atoms with Gasteiger partial charge in [0.05, 0.1) is 13.2 Å². The minimum absolute atomic E-state index is 0.619. The topological polar surface area (TPSA) is 18.5 Å². The second kappa shape index (κ2) is 8.25. The summed E-state index contributed by atoms with van der Waals surface area (Å²) < 4.78 is 10.6. The molecule has 0 amide bonds. The van der Waals surface area contributed by atoms with Crippen LogP contribution in [0.2, 0.25) is 0 Å². The Labute approximate surface area is 86.2 Å². The van der Waals surface area contributed by atoms with E-state index in [4.69, 9.17) is 9.47 Å². The number of ether oxygens (including phenoxy) is 2. The fourth-order valence-electron chi connectivity index (χ4n) is 0.883. The van der Waals surface area contributed by atoms with Crippen LogP contribution in [0.3, 0.4) is 0 Å². The van der Waals surface area contributed by atoms with Crippen molar-refractivity contribution in [2.24, 2.45) is 0 Å². The van der Waals surface area contributed by atoms with Crippen LogP contribution < -0.4 is 0 Å². The summed E-state index contributed by atoms with van der Waals surface area (Å²) >= 11 is 0. The van der Waals surface area contributed by atoms with Crippen molar-refractivity contribution < 1.29 is 9.47 Å². The zero-order valence-corrected chi connectivity index (χ0v) is 9.39. The Morgan fingerprint density at radius 1 is 1.14 bits per heavy atom. The minimum Gasteiger partial charge on any atom is -0.489 e. The summed E-state index contributed by atoms with van der Waals surface area (Å²) in [6.45, 7) is 9.12. The Hall–Kier alpha value is -1.36. The maximum absolute atomic E-state index is 5.31. The van der Waals surface area contributed by atoms with Gasteiger partial charge >= 0.3 is 0 Å². The lowest BCUT2D eigenvalue weighted by Crippen LogP contribution is -2.00. The van der Waals surface area contributed by atoms with E-state index < -0.39 is 0 Å². The molecule has 0 heterocycles. The summed E-state index contributed by atoms with van der Waals surface area (Å²) in [6.07, 6.45) is 3.58. The van der Waals surface area contributed by atoms with Gasteiger partial charge in [0, 0.05) is 0 Å². The van der Waals surface area contributed by atoms with Gasteiger partial charge in [-0.3, -0.25) is 0 Å². The Balaban J connectivity index is 0.000000791. The first-order chi connectivity index (χ1) is 6.88. The Bertz CT molecular complexity index is 275. The van der Waals surface area contributed by atoms with Crippen LogP contribution in [0.15, 0.2) is 35.1 Å². The van der Waals surface area contributed by atoms with Crippen molar-refractivity contribution in [2.45, 2.75) is 27.7 Å². The molecule has 0 atom stereocenters. The zero-order chi connectivity index (χ0) is 10.8. The smallest absolute Gasteiger partial charge is 0.213 e. The van der Waals surface area contributed by atoms with Crippen LogP contribution in [0.1, 0.15) is 27.7 Å². The molecule has 0 saturated heterocycles. The van der Waals surface area contributed by atoms with E-state index >= 15 is 0 Å². The molecular weight excluding hydrogens is 176 g/mol. The average Bonchev–Trinajstić information content (AvgIpc) is 2.25. The van der Waals surface area contributed by atoms with Crippen molar-refractivity contribution in [3.63, 3.8) is 0 Å². The largest absolute Gasteiger partial charge is 0.489 e. The first-order valence-electron chi connectivity index (χ1n) is 5.06. The molecule has 14 heavy (non-hydrogen) atoms. The molecule has 0 aromatic carbocycles. The molecule has 0 fully saturated rings. The molecule has 2 heteroatoms. The molecule has 0 bridgehead atoms. The minimum atomic E-state index is 0.619. The van der Waals surface area contributed by atoms with Crippen LogP contribution in [0.5, 0.6) is 0 Å². The van der Waals surface area contributed by atoms with Gasteiger partial charge in [0.1, 0.15) is 0 Å². The average molecular weight is 194 g/mol. The molecule has 0 N–H and O–H groups in total. The standard InChI is InChI=1S/C10H12O2.C2H6/c1-3-11-9-7-5-6-8-10(9)12-4-2;1-2/h5,7H,3-4H2,1-2H3;1-2H3. The highest BCUT2D eigenvalue weighted by atomic mass is 16.5. The molecule has 0 spiro atoms. The van der Waals surface area contributed by atoms with E-state index in [9.17, 15) is 0 Å². The molecule has 2 nitrogen and oxygen atoms in total. The highest BCUT2D eigenvalue weighted by Crippen LogP contribution is 2.13. The lowest BCUT2D eigenvalue weighted by atomic mass is 10.3. The number of hydrogen-bond donors (Lipinski definition) is 0. The summed E-state index contributed by atoms with van der Waals surface area (Å²) in [4.78, 5) is 0. The van der Waals surface area contributed by atoms with Crippen molar-refractivity contribution in [3.8, 4) is 0 Å². The molecule has 0 aromatic heterocycles. The summed E-state index contributed by atoms with van der Waals surface area (Å²) in [6, 6.07) is 0. The van der Waals surface area contributed by atoms with Crippen molar-refractivity contribution in [2.75, 3.05) is 13.2 Å². The van der Waals surface area contributed by atoms with Crippen molar-refractivity contribution in [1.82, 2.24) is 0 Å². The van der Waals surface area contributed by atoms with Crippen LogP contribution in [-0.4, -0.2) is 13.2 Å². The van der Waals surface area contributed by atoms with Gasteiger partial charge in [0.2, 0.25) is 5.76 Å². The quantitative estimate of drug-likeness (QED) is 0.640. The Kier molecular flexibility index (Phi) is 7.45. The Morgan fingerprint density at radius 2 is 1.79 bits per heavy atom. The van der Waals surface area contributed by atoms with E-state index in [2.05, 4.69) is 11.5 Å². The van der Waals surface area contributed by atoms with Gasteiger partial charge < -0.3 is 9.47 Å². The first kappa shape index (κ1) is 12.6. The fraction of sp³-hybridized carbons (Fsp3) is 0.500. The third kappa shape index (κ3) is 4.04. The van der Waals surface area contributed by atoms with Gasteiger partial charge in [-0.15, -0.1) is 0 Å². The first-order valence-corrected chi connectivity index (χ1v) is 5.06. The van der Waals surface area contributed by atoms with E-state index in [0.717, 1.165) is 5.76 Å². The monoisotopic (exact) mass is 194 g/mol. The summed E-state index contributed by atoms with van der Waals surface area (Å²) in [5.74, 6) is 1.37. The molecule has 1 aliphatic rings. The highest BCUT2D eigenvalue weighted by molar-refractivity contribution is 5.27. The number of rotatable bonds is 4. The maximum Gasteiger partial charge on any atom is 0.213 e. The number of hydrogen-bond acceptors (Lipinski definition) is 2. The molecular formula is C12H18O2. The Morgan fingerprint density at radius 3 is 2.36 bits per heavy atom. The third-order valence-corrected chi connectivity index (χ3v) is 1.32. The van der Waals surface area contributed by atoms with Crippen molar-refractivity contribution in [3.05, 3.63) is 35.1 Å². The molecule has 78 valence electrons. The van der Waals surface area contributed by atoms with E-state index in [1.54, 1.807) is 6.08 Å². The van der Waals surface area contributed by atoms with Gasteiger partial charge in [-0.2, -0.15) is 0 Å². The third-order valence-electron chi connectivity index (χ3n) is 1.32. The maximum atomic E-state index is 5.31. The molecule has 0 aliphatic heterocycles. The lowest BCUT2D eigenvalue weighted by molar-refractivity contribution is 0.165. The van der Waals surface area contributed by atoms with E-state index in [0.29, 0.717) is 19.0 Å². The van der Waals surface area contributed by atoms with Gasteiger partial charge in [-0.05, 0) is 31.7 Å². The lowest BCUT2D eigenvalue weighted by Gasteiger charge is -2.10. The van der Waals surface area contributed by atoms with Crippen molar-refractivity contribution >= 4 is 0 Å². The van der Waals surface area contributed by atoms with E-state index in [1.807, 2.05) is 33.8 Å². The summed E-state index contributed by atoms with van der Waals surface area (Å²) in [5.41, 5.74) is 5.67. The SMILES string of the molecule is CC.CCOC1=C=C=CC=C1OCC. The van der Waals surface area contributed by atoms with Crippen LogP contribution in [0, 0.1) is 0 Å². The predicted molar refractivity (Wildman–Crippen MR) is 57.8 cm³/mol.